The van der Waals surface area contributed by atoms with Gasteiger partial charge in [0.15, 0.2) is 0 Å². The molecule has 0 saturated heterocycles. The van der Waals surface area contributed by atoms with Crippen LogP contribution in [0.25, 0.3) is 0 Å². The van der Waals surface area contributed by atoms with E-state index in [1.165, 1.54) is 44.1 Å². The molecule has 2 N–H and O–H groups in total. The van der Waals surface area contributed by atoms with Crippen LogP contribution in [0, 0.1) is 23.2 Å². The average molecular weight is 342 g/mol. The van der Waals surface area contributed by atoms with Crippen LogP contribution >= 0.6 is 0 Å². The highest BCUT2D eigenvalue weighted by molar-refractivity contribution is 5.73. The third-order valence-corrected chi connectivity index (χ3v) is 6.62. The van der Waals surface area contributed by atoms with Crippen molar-refractivity contribution in [2.75, 3.05) is 20.2 Å². The first kappa shape index (κ1) is 16.7. The summed E-state index contributed by atoms with van der Waals surface area (Å²) in [4.78, 5) is 12.2. The van der Waals surface area contributed by atoms with Crippen molar-refractivity contribution in [2.45, 2.75) is 44.9 Å². The molecule has 1 aromatic carbocycles. The lowest BCUT2D eigenvalue weighted by atomic mass is 9.49. The van der Waals surface area contributed by atoms with E-state index in [1.54, 1.807) is 7.11 Å². The summed E-state index contributed by atoms with van der Waals surface area (Å²) in [5.74, 6) is 3.67. The van der Waals surface area contributed by atoms with Crippen LogP contribution in [0.5, 0.6) is 5.75 Å². The molecule has 0 aliphatic heterocycles. The minimum Gasteiger partial charge on any atom is -0.497 e. The molecular formula is C21H30N2O2. The van der Waals surface area contributed by atoms with Gasteiger partial charge >= 0.3 is 6.03 Å². The second kappa shape index (κ2) is 6.89. The van der Waals surface area contributed by atoms with Gasteiger partial charge in [-0.05, 0) is 85.8 Å². The molecule has 25 heavy (non-hydrogen) atoms. The average Bonchev–Trinajstić information content (AvgIpc) is 2.59. The van der Waals surface area contributed by atoms with Crippen LogP contribution in [0.15, 0.2) is 24.3 Å². The van der Waals surface area contributed by atoms with Crippen LogP contribution < -0.4 is 15.4 Å². The summed E-state index contributed by atoms with van der Waals surface area (Å²) in [6.45, 7) is 1.52. The minimum absolute atomic E-state index is 0.0151. The zero-order valence-corrected chi connectivity index (χ0v) is 15.2. The molecule has 1 aromatic rings. The molecular weight excluding hydrogens is 312 g/mol. The normalized spacial score (nSPS) is 32.4. The van der Waals surface area contributed by atoms with Crippen molar-refractivity contribution in [1.82, 2.24) is 10.6 Å². The van der Waals surface area contributed by atoms with Crippen molar-refractivity contribution in [3.63, 3.8) is 0 Å². The smallest absolute Gasteiger partial charge is 0.314 e. The SMILES string of the molecule is COc1cccc(CCNC(=O)NCC23CC4CC(CC(C4)C2)C3)c1. The largest absolute Gasteiger partial charge is 0.497 e. The highest BCUT2D eigenvalue weighted by atomic mass is 16.5. The summed E-state index contributed by atoms with van der Waals surface area (Å²) in [7, 11) is 1.68. The summed E-state index contributed by atoms with van der Waals surface area (Å²) in [5.41, 5.74) is 1.58. The quantitative estimate of drug-likeness (QED) is 0.827. The fourth-order valence-electron chi connectivity index (χ4n) is 5.99. The van der Waals surface area contributed by atoms with E-state index in [1.807, 2.05) is 18.2 Å². The van der Waals surface area contributed by atoms with E-state index in [4.69, 9.17) is 4.74 Å². The van der Waals surface area contributed by atoms with Gasteiger partial charge in [0.05, 0.1) is 7.11 Å². The predicted octanol–water partition coefficient (Wildman–Crippen LogP) is 3.75. The minimum atomic E-state index is -0.0151. The highest BCUT2D eigenvalue weighted by Crippen LogP contribution is 2.59. The van der Waals surface area contributed by atoms with E-state index < -0.39 is 0 Å². The summed E-state index contributed by atoms with van der Waals surface area (Å²) in [6.07, 6.45) is 9.18. The molecule has 4 bridgehead atoms. The second-order valence-electron chi connectivity index (χ2n) is 8.63. The van der Waals surface area contributed by atoms with Gasteiger partial charge < -0.3 is 15.4 Å². The van der Waals surface area contributed by atoms with Crippen molar-refractivity contribution in [3.8, 4) is 5.75 Å². The summed E-state index contributed by atoms with van der Waals surface area (Å²) < 4.78 is 5.24. The number of rotatable bonds is 6. The fraction of sp³-hybridized carbons (Fsp3) is 0.667. The zero-order chi connectivity index (χ0) is 17.3. The maximum absolute atomic E-state index is 12.2. The van der Waals surface area contributed by atoms with Crippen molar-refractivity contribution in [2.24, 2.45) is 23.2 Å². The molecule has 136 valence electrons. The molecule has 0 radical (unpaired) electrons. The predicted molar refractivity (Wildman–Crippen MR) is 98.7 cm³/mol. The topological polar surface area (TPSA) is 50.4 Å². The molecule has 2 amide bonds. The molecule has 5 rings (SSSR count). The van der Waals surface area contributed by atoms with E-state index in [2.05, 4.69) is 16.7 Å². The molecule has 0 spiro atoms. The first-order valence-electron chi connectivity index (χ1n) is 9.79. The van der Waals surface area contributed by atoms with Crippen LogP contribution in [0.3, 0.4) is 0 Å². The van der Waals surface area contributed by atoms with Crippen molar-refractivity contribution >= 4 is 6.03 Å². The molecule has 4 heteroatoms. The van der Waals surface area contributed by atoms with Gasteiger partial charge in [0.2, 0.25) is 0 Å². The molecule has 0 atom stereocenters. The molecule has 0 unspecified atom stereocenters. The first-order valence-corrected chi connectivity index (χ1v) is 9.79. The van der Waals surface area contributed by atoms with Crippen molar-refractivity contribution < 1.29 is 9.53 Å². The van der Waals surface area contributed by atoms with E-state index >= 15 is 0 Å². The Morgan fingerprint density at radius 1 is 1.12 bits per heavy atom. The van der Waals surface area contributed by atoms with Gasteiger partial charge in [-0.3, -0.25) is 0 Å². The number of carbonyl (C=O) groups excluding carboxylic acids is 1. The third-order valence-electron chi connectivity index (χ3n) is 6.62. The summed E-state index contributed by atoms with van der Waals surface area (Å²) >= 11 is 0. The van der Waals surface area contributed by atoms with E-state index in [9.17, 15) is 4.79 Å². The van der Waals surface area contributed by atoms with Gasteiger partial charge in [-0.1, -0.05) is 12.1 Å². The Morgan fingerprint density at radius 2 is 1.80 bits per heavy atom. The number of methoxy groups -OCH3 is 1. The molecule has 4 aliphatic carbocycles. The molecule has 4 nitrogen and oxygen atoms in total. The number of carbonyl (C=O) groups is 1. The number of benzene rings is 1. The Labute approximate surface area is 150 Å². The van der Waals surface area contributed by atoms with Gasteiger partial charge in [0, 0.05) is 13.1 Å². The van der Waals surface area contributed by atoms with Crippen LogP contribution in [-0.4, -0.2) is 26.2 Å². The Balaban J connectivity index is 1.22. The van der Waals surface area contributed by atoms with Crippen LogP contribution in [-0.2, 0) is 6.42 Å². The Hall–Kier alpha value is -1.71. The molecule has 0 aromatic heterocycles. The van der Waals surface area contributed by atoms with E-state index in [-0.39, 0.29) is 6.03 Å². The van der Waals surface area contributed by atoms with E-state index in [0.29, 0.717) is 12.0 Å². The molecule has 4 aliphatic rings. The maximum atomic E-state index is 12.2. The highest BCUT2D eigenvalue weighted by Gasteiger charge is 2.50. The van der Waals surface area contributed by atoms with E-state index in [0.717, 1.165) is 36.5 Å². The summed E-state index contributed by atoms with van der Waals surface area (Å²) in [6, 6.07) is 8.00. The van der Waals surface area contributed by atoms with Gasteiger partial charge in [0.25, 0.3) is 0 Å². The number of amides is 2. The monoisotopic (exact) mass is 342 g/mol. The standard InChI is InChI=1S/C21H30N2O2/c1-25-19-4-2-3-15(10-19)5-6-22-20(24)23-14-21-11-16-7-17(12-21)9-18(8-16)13-21/h2-4,10,16-18H,5-9,11-14H2,1H3,(H2,22,23,24). The zero-order valence-electron chi connectivity index (χ0n) is 15.2. The molecule has 4 fully saturated rings. The Morgan fingerprint density at radius 3 is 2.44 bits per heavy atom. The van der Waals surface area contributed by atoms with Gasteiger partial charge in [-0.15, -0.1) is 0 Å². The Kier molecular flexibility index (Phi) is 4.61. The number of urea groups is 1. The lowest BCUT2D eigenvalue weighted by Crippen LogP contribution is -2.52. The number of hydrogen-bond acceptors (Lipinski definition) is 2. The van der Waals surface area contributed by atoms with Crippen LogP contribution in [0.1, 0.15) is 44.1 Å². The number of ether oxygens (including phenoxy) is 1. The number of nitrogens with one attached hydrogen (secondary N) is 2. The lowest BCUT2D eigenvalue weighted by Gasteiger charge is -2.56. The number of hydrogen-bond donors (Lipinski definition) is 2. The second-order valence-corrected chi connectivity index (χ2v) is 8.63. The molecule has 4 saturated carbocycles. The lowest BCUT2D eigenvalue weighted by molar-refractivity contribution is -0.0498. The third kappa shape index (κ3) is 3.78. The van der Waals surface area contributed by atoms with Gasteiger partial charge in [-0.25, -0.2) is 4.79 Å². The first-order chi connectivity index (χ1) is 12.1. The maximum Gasteiger partial charge on any atom is 0.314 e. The van der Waals surface area contributed by atoms with Crippen LogP contribution in [0.2, 0.25) is 0 Å². The van der Waals surface area contributed by atoms with Crippen LogP contribution in [0.4, 0.5) is 4.79 Å². The summed E-state index contributed by atoms with van der Waals surface area (Å²) in [5, 5.41) is 6.18. The van der Waals surface area contributed by atoms with Crippen molar-refractivity contribution in [1.29, 1.82) is 0 Å². The van der Waals surface area contributed by atoms with Gasteiger partial charge in [-0.2, -0.15) is 0 Å². The molecule has 0 heterocycles. The fourth-order valence-corrected chi connectivity index (χ4v) is 5.99. The van der Waals surface area contributed by atoms with Crippen molar-refractivity contribution in [3.05, 3.63) is 29.8 Å². The Bertz CT molecular complexity index is 593. The van der Waals surface area contributed by atoms with Gasteiger partial charge in [0.1, 0.15) is 5.75 Å².